The van der Waals surface area contributed by atoms with E-state index in [4.69, 9.17) is 16.3 Å². The van der Waals surface area contributed by atoms with Gasteiger partial charge in [0.15, 0.2) is 0 Å². The van der Waals surface area contributed by atoms with Crippen molar-refractivity contribution in [3.05, 3.63) is 28.8 Å². The summed E-state index contributed by atoms with van der Waals surface area (Å²) in [6.07, 6.45) is 0. The Hall–Kier alpha value is 0.416. The number of carboxylic acids is 1. The summed E-state index contributed by atoms with van der Waals surface area (Å²) in [6.45, 7) is 1.35. The van der Waals surface area contributed by atoms with Crippen LogP contribution in [0.3, 0.4) is 0 Å². The molecule has 0 fully saturated rings. The number of aliphatic carboxylic acids is 1. The van der Waals surface area contributed by atoms with Crippen LogP contribution in [0.25, 0.3) is 0 Å². The van der Waals surface area contributed by atoms with E-state index in [2.05, 4.69) is 0 Å². The van der Waals surface area contributed by atoms with Gasteiger partial charge in [0.25, 0.3) is 0 Å². The second-order valence-electron chi connectivity index (χ2n) is 2.57. The van der Waals surface area contributed by atoms with Crippen LogP contribution in [-0.4, -0.2) is 12.6 Å². The minimum atomic E-state index is -1.24. The van der Waals surface area contributed by atoms with Crippen LogP contribution in [0.15, 0.2) is 18.2 Å². The second-order valence-corrected chi connectivity index (χ2v) is 3.01. The molecule has 70 valence electrons. The van der Waals surface area contributed by atoms with E-state index < -0.39 is 12.6 Å². The van der Waals surface area contributed by atoms with Crippen LogP contribution >= 0.6 is 11.6 Å². The molecule has 0 atom stereocenters. The molecule has 0 radical (unpaired) electrons. The van der Waals surface area contributed by atoms with E-state index in [9.17, 15) is 9.90 Å². The van der Waals surface area contributed by atoms with Crippen LogP contribution in [0, 0.1) is 6.92 Å². The van der Waals surface area contributed by atoms with Crippen LogP contribution in [0.2, 0.25) is 5.02 Å². The molecular weight excluding hydrogens is 231 g/mol. The fourth-order valence-corrected chi connectivity index (χ4v) is 1.14. The van der Waals surface area contributed by atoms with Crippen molar-refractivity contribution >= 4 is 17.6 Å². The Kier molecular flexibility index (Phi) is 7.02. The molecule has 0 bridgehead atoms. The number of rotatable bonds is 3. The summed E-state index contributed by atoms with van der Waals surface area (Å²) < 4.78 is 4.93. The summed E-state index contributed by atoms with van der Waals surface area (Å²) in [5.74, 6) is -0.733. The van der Waals surface area contributed by atoms with Gasteiger partial charge in [-0.2, -0.15) is 0 Å². The monoisotopic (exact) mass is 238 g/mol. The Morgan fingerprint density at radius 3 is 2.71 bits per heavy atom. The van der Waals surface area contributed by atoms with Crippen molar-refractivity contribution in [2.45, 2.75) is 6.92 Å². The van der Waals surface area contributed by atoms with Gasteiger partial charge in [0.1, 0.15) is 12.4 Å². The largest absolute Gasteiger partial charge is 1.00 e. The quantitative estimate of drug-likeness (QED) is 0.561. The third-order valence-electron chi connectivity index (χ3n) is 1.48. The molecule has 0 saturated carbocycles. The molecule has 0 N–H and O–H groups in total. The Morgan fingerprint density at radius 1 is 1.57 bits per heavy atom. The molecule has 0 aliphatic heterocycles. The number of carbonyl (C=O) groups is 1. The first-order chi connectivity index (χ1) is 6.09. The molecule has 0 saturated heterocycles. The van der Waals surface area contributed by atoms with Gasteiger partial charge in [-0.1, -0.05) is 11.6 Å². The molecule has 0 aliphatic rings. The molecule has 0 unspecified atom stereocenters. The summed E-state index contributed by atoms with van der Waals surface area (Å²) in [7, 11) is 0. The molecular formula is C9H8ClKO3. The number of benzene rings is 1. The van der Waals surface area contributed by atoms with Gasteiger partial charge in [-0.15, -0.1) is 0 Å². The maximum absolute atomic E-state index is 10.1. The molecule has 0 aromatic heterocycles. The maximum atomic E-state index is 10.1. The first-order valence-corrected chi connectivity index (χ1v) is 4.06. The summed E-state index contributed by atoms with van der Waals surface area (Å²) in [6, 6.07) is 4.96. The predicted octanol–water partition coefficient (Wildman–Crippen LogP) is -2.22. The molecule has 1 rings (SSSR count). The van der Waals surface area contributed by atoms with Gasteiger partial charge in [0.05, 0.1) is 5.97 Å². The summed E-state index contributed by atoms with van der Waals surface area (Å²) in [5, 5.41) is 10.7. The summed E-state index contributed by atoms with van der Waals surface area (Å²) in [5.41, 5.74) is 0.800. The van der Waals surface area contributed by atoms with Gasteiger partial charge in [-0.05, 0) is 30.7 Å². The van der Waals surface area contributed by atoms with E-state index in [1.54, 1.807) is 25.1 Å². The van der Waals surface area contributed by atoms with E-state index in [1.165, 1.54) is 0 Å². The smallest absolute Gasteiger partial charge is 0.546 e. The minimum absolute atomic E-state index is 0. The summed E-state index contributed by atoms with van der Waals surface area (Å²) in [4.78, 5) is 10.1. The zero-order valence-electron chi connectivity index (χ0n) is 8.04. The Morgan fingerprint density at radius 2 is 2.21 bits per heavy atom. The van der Waals surface area contributed by atoms with Gasteiger partial charge in [0, 0.05) is 5.02 Å². The second kappa shape index (κ2) is 6.82. The Labute approximate surface area is 130 Å². The van der Waals surface area contributed by atoms with Crippen molar-refractivity contribution < 1.29 is 66.0 Å². The van der Waals surface area contributed by atoms with Crippen LogP contribution < -0.4 is 61.2 Å². The normalized spacial score (nSPS) is 9.00. The molecule has 3 nitrogen and oxygen atoms in total. The molecule has 5 heteroatoms. The van der Waals surface area contributed by atoms with E-state index in [1.807, 2.05) is 0 Å². The number of halogens is 1. The predicted molar refractivity (Wildman–Crippen MR) is 46.7 cm³/mol. The topological polar surface area (TPSA) is 49.4 Å². The third kappa shape index (κ3) is 4.77. The zero-order chi connectivity index (χ0) is 9.84. The SMILES string of the molecule is Cc1cc(Cl)ccc1OCC(=O)[O-].[K+]. The fourth-order valence-electron chi connectivity index (χ4n) is 0.911. The van der Waals surface area contributed by atoms with Crippen molar-refractivity contribution in [3.8, 4) is 5.75 Å². The van der Waals surface area contributed by atoms with E-state index >= 15 is 0 Å². The molecule has 1 aromatic carbocycles. The van der Waals surface area contributed by atoms with Gasteiger partial charge < -0.3 is 14.6 Å². The van der Waals surface area contributed by atoms with E-state index in [0.717, 1.165) is 5.56 Å². The minimum Gasteiger partial charge on any atom is -0.546 e. The van der Waals surface area contributed by atoms with E-state index in [-0.39, 0.29) is 51.4 Å². The standard InChI is InChI=1S/C9H9ClO3.K/c1-6-4-7(10)2-3-8(6)13-5-9(11)12;/h2-4H,5H2,1H3,(H,11,12);/q;+1/p-1. The van der Waals surface area contributed by atoms with Gasteiger partial charge >= 0.3 is 51.4 Å². The third-order valence-corrected chi connectivity index (χ3v) is 1.72. The number of hydrogen-bond acceptors (Lipinski definition) is 3. The van der Waals surface area contributed by atoms with Crippen molar-refractivity contribution in [1.29, 1.82) is 0 Å². The molecule has 0 spiro atoms. The van der Waals surface area contributed by atoms with E-state index in [0.29, 0.717) is 10.8 Å². The van der Waals surface area contributed by atoms with Crippen LogP contribution in [0.1, 0.15) is 5.56 Å². The number of ether oxygens (including phenoxy) is 1. The van der Waals surface area contributed by atoms with Crippen molar-refractivity contribution in [3.63, 3.8) is 0 Å². The van der Waals surface area contributed by atoms with Crippen molar-refractivity contribution in [2.75, 3.05) is 6.61 Å². The molecule has 0 aliphatic carbocycles. The number of carbonyl (C=O) groups excluding carboxylic acids is 1. The average Bonchev–Trinajstić information content (AvgIpc) is 2.02. The van der Waals surface area contributed by atoms with Crippen molar-refractivity contribution in [2.24, 2.45) is 0 Å². The molecule has 0 heterocycles. The Balaban J connectivity index is 0.00000169. The number of aryl methyl sites for hydroxylation is 1. The Bertz CT molecular complexity index is 328. The number of carboxylic acid groups (broad SMARTS) is 1. The van der Waals surface area contributed by atoms with Crippen LogP contribution in [0.4, 0.5) is 0 Å². The van der Waals surface area contributed by atoms with Gasteiger partial charge in [-0.25, -0.2) is 0 Å². The first kappa shape index (κ1) is 14.4. The van der Waals surface area contributed by atoms with Crippen LogP contribution in [-0.2, 0) is 4.79 Å². The maximum Gasteiger partial charge on any atom is 1.00 e. The molecule has 14 heavy (non-hydrogen) atoms. The van der Waals surface area contributed by atoms with Crippen LogP contribution in [0.5, 0.6) is 5.75 Å². The fraction of sp³-hybridized carbons (Fsp3) is 0.222. The van der Waals surface area contributed by atoms with Crippen molar-refractivity contribution in [1.82, 2.24) is 0 Å². The van der Waals surface area contributed by atoms with Gasteiger partial charge in [-0.3, -0.25) is 0 Å². The van der Waals surface area contributed by atoms with Gasteiger partial charge in [0.2, 0.25) is 0 Å². The zero-order valence-corrected chi connectivity index (χ0v) is 11.9. The molecule has 1 aromatic rings. The molecule has 0 amide bonds. The number of hydrogen-bond donors (Lipinski definition) is 0. The first-order valence-electron chi connectivity index (χ1n) is 3.68. The average molecular weight is 239 g/mol. The summed E-state index contributed by atoms with van der Waals surface area (Å²) >= 11 is 5.70.